The van der Waals surface area contributed by atoms with Crippen LogP contribution in [-0.4, -0.2) is 25.0 Å². The second kappa shape index (κ2) is 6.83. The number of amides is 1. The van der Waals surface area contributed by atoms with Crippen molar-refractivity contribution in [1.82, 2.24) is 10.6 Å². The van der Waals surface area contributed by atoms with Crippen molar-refractivity contribution in [3.05, 3.63) is 35.9 Å². The highest BCUT2D eigenvalue weighted by Gasteiger charge is 2.12. The lowest BCUT2D eigenvalue weighted by atomic mass is 10.1. The van der Waals surface area contributed by atoms with Gasteiger partial charge < -0.3 is 10.6 Å². The number of rotatable bonds is 2. The molecule has 1 aromatic rings. The third-order valence-corrected chi connectivity index (χ3v) is 3.02. The fourth-order valence-electron chi connectivity index (χ4n) is 2.01. The van der Waals surface area contributed by atoms with Crippen molar-refractivity contribution in [2.45, 2.75) is 25.3 Å². The third-order valence-electron chi connectivity index (χ3n) is 3.02. The lowest BCUT2D eigenvalue weighted by molar-refractivity contribution is -0.115. The summed E-state index contributed by atoms with van der Waals surface area (Å²) in [5, 5.41) is 6.23. The Balaban J connectivity index is 1.77. The van der Waals surface area contributed by atoms with E-state index in [1.807, 2.05) is 30.3 Å². The number of nitrogens with one attached hydrogen (secondary N) is 2. The van der Waals surface area contributed by atoms with Crippen LogP contribution in [0.3, 0.4) is 0 Å². The fraction of sp³-hybridized carbons (Fsp3) is 0.400. The van der Waals surface area contributed by atoms with E-state index in [1.165, 1.54) is 12.8 Å². The molecule has 1 aliphatic rings. The molecule has 2 N–H and O–H groups in total. The molecule has 0 spiro atoms. The van der Waals surface area contributed by atoms with Gasteiger partial charge in [0, 0.05) is 24.1 Å². The average molecular weight is 242 g/mol. The molecule has 18 heavy (non-hydrogen) atoms. The number of hydrogen-bond acceptors (Lipinski definition) is 2. The maximum atomic E-state index is 11.5. The molecule has 1 aliphatic heterocycles. The van der Waals surface area contributed by atoms with Gasteiger partial charge in [0.05, 0.1) is 0 Å². The van der Waals surface area contributed by atoms with Gasteiger partial charge in [-0.15, -0.1) is 0 Å². The Morgan fingerprint density at radius 1 is 1.33 bits per heavy atom. The Kier molecular flexibility index (Phi) is 4.80. The van der Waals surface area contributed by atoms with Crippen LogP contribution in [0, 0.1) is 11.8 Å². The summed E-state index contributed by atoms with van der Waals surface area (Å²) in [7, 11) is 0. The number of carbonyl (C=O) groups excluding carboxylic acids is 1. The van der Waals surface area contributed by atoms with Gasteiger partial charge in [-0.3, -0.25) is 4.79 Å². The quantitative estimate of drug-likeness (QED) is 0.767. The summed E-state index contributed by atoms with van der Waals surface area (Å²) >= 11 is 0. The first-order chi connectivity index (χ1) is 8.84. The van der Waals surface area contributed by atoms with Crippen LogP contribution in [0.15, 0.2) is 30.3 Å². The first-order valence-corrected chi connectivity index (χ1v) is 6.43. The van der Waals surface area contributed by atoms with E-state index in [4.69, 9.17) is 0 Å². The van der Waals surface area contributed by atoms with Crippen molar-refractivity contribution in [3.8, 4) is 11.8 Å². The minimum Gasteiger partial charge on any atom is -0.344 e. The minimum atomic E-state index is -0.203. The summed E-state index contributed by atoms with van der Waals surface area (Å²) in [5.41, 5.74) is 0.864. The Morgan fingerprint density at radius 3 is 2.89 bits per heavy atom. The SMILES string of the molecule is O=C(C#Cc1ccccc1)NCC1CCCCN1. The van der Waals surface area contributed by atoms with Crippen LogP contribution < -0.4 is 10.6 Å². The van der Waals surface area contributed by atoms with E-state index < -0.39 is 0 Å². The molecule has 1 fully saturated rings. The van der Waals surface area contributed by atoms with E-state index in [1.54, 1.807) is 0 Å². The summed E-state index contributed by atoms with van der Waals surface area (Å²) in [6.07, 6.45) is 3.61. The molecule has 2 rings (SSSR count). The fourth-order valence-corrected chi connectivity index (χ4v) is 2.01. The van der Waals surface area contributed by atoms with Crippen LogP contribution in [0.4, 0.5) is 0 Å². The third kappa shape index (κ3) is 4.23. The highest BCUT2D eigenvalue weighted by Crippen LogP contribution is 2.05. The lowest BCUT2D eigenvalue weighted by Crippen LogP contribution is -2.43. The van der Waals surface area contributed by atoms with Gasteiger partial charge in [0.1, 0.15) is 0 Å². The van der Waals surface area contributed by atoms with E-state index in [2.05, 4.69) is 22.5 Å². The summed E-state index contributed by atoms with van der Waals surface area (Å²) in [5.74, 6) is 5.26. The van der Waals surface area contributed by atoms with E-state index in [0.717, 1.165) is 18.5 Å². The van der Waals surface area contributed by atoms with Crippen molar-refractivity contribution < 1.29 is 4.79 Å². The Hall–Kier alpha value is -1.79. The molecule has 3 heteroatoms. The van der Waals surface area contributed by atoms with Crippen molar-refractivity contribution in [2.24, 2.45) is 0 Å². The van der Waals surface area contributed by atoms with Crippen LogP contribution >= 0.6 is 0 Å². The van der Waals surface area contributed by atoms with Crippen molar-refractivity contribution in [3.63, 3.8) is 0 Å². The molecule has 0 aliphatic carbocycles. The molecule has 1 aromatic carbocycles. The normalized spacial score (nSPS) is 18.6. The minimum absolute atomic E-state index is 0.203. The monoisotopic (exact) mass is 242 g/mol. The van der Waals surface area contributed by atoms with Gasteiger partial charge in [0.15, 0.2) is 0 Å². The van der Waals surface area contributed by atoms with Crippen LogP contribution in [0.5, 0.6) is 0 Å². The molecule has 0 bridgehead atoms. The Morgan fingerprint density at radius 2 is 2.17 bits per heavy atom. The highest BCUT2D eigenvalue weighted by atomic mass is 16.1. The molecule has 1 saturated heterocycles. The molecule has 1 amide bonds. The maximum absolute atomic E-state index is 11.5. The zero-order chi connectivity index (χ0) is 12.6. The summed E-state index contributed by atoms with van der Waals surface area (Å²) in [4.78, 5) is 11.5. The number of benzene rings is 1. The molecule has 94 valence electrons. The molecule has 0 saturated carbocycles. The zero-order valence-electron chi connectivity index (χ0n) is 10.4. The predicted octanol–water partition coefficient (Wildman–Crippen LogP) is 1.30. The molecule has 1 heterocycles. The summed E-state index contributed by atoms with van der Waals surface area (Å²) < 4.78 is 0. The smallest absolute Gasteiger partial charge is 0.296 e. The van der Waals surface area contributed by atoms with Crippen molar-refractivity contribution in [2.75, 3.05) is 13.1 Å². The van der Waals surface area contributed by atoms with Crippen LogP contribution in [-0.2, 0) is 4.79 Å². The van der Waals surface area contributed by atoms with Crippen LogP contribution in [0.2, 0.25) is 0 Å². The van der Waals surface area contributed by atoms with E-state index in [-0.39, 0.29) is 5.91 Å². The van der Waals surface area contributed by atoms with Crippen LogP contribution in [0.1, 0.15) is 24.8 Å². The van der Waals surface area contributed by atoms with Gasteiger partial charge in [-0.2, -0.15) is 0 Å². The van der Waals surface area contributed by atoms with Gasteiger partial charge in [0.2, 0.25) is 0 Å². The van der Waals surface area contributed by atoms with Gasteiger partial charge in [0.25, 0.3) is 5.91 Å². The molecule has 1 atom stereocenters. The summed E-state index contributed by atoms with van der Waals surface area (Å²) in [6.45, 7) is 1.72. The van der Waals surface area contributed by atoms with E-state index in [0.29, 0.717) is 12.6 Å². The highest BCUT2D eigenvalue weighted by molar-refractivity contribution is 5.94. The maximum Gasteiger partial charge on any atom is 0.296 e. The first kappa shape index (κ1) is 12.7. The van der Waals surface area contributed by atoms with E-state index >= 15 is 0 Å². The standard InChI is InChI=1S/C15H18N2O/c18-15(10-9-13-6-2-1-3-7-13)17-12-14-8-4-5-11-16-14/h1-3,6-7,14,16H,4-5,8,11-12H2,(H,17,18). The molecule has 0 aromatic heterocycles. The zero-order valence-corrected chi connectivity index (χ0v) is 10.4. The van der Waals surface area contributed by atoms with Crippen molar-refractivity contribution in [1.29, 1.82) is 0 Å². The number of hydrogen-bond donors (Lipinski definition) is 2. The van der Waals surface area contributed by atoms with Gasteiger partial charge in [-0.05, 0) is 31.5 Å². The van der Waals surface area contributed by atoms with Crippen LogP contribution in [0.25, 0.3) is 0 Å². The number of piperidine rings is 1. The number of carbonyl (C=O) groups is 1. The Bertz CT molecular complexity index is 439. The van der Waals surface area contributed by atoms with Gasteiger partial charge in [-0.25, -0.2) is 0 Å². The first-order valence-electron chi connectivity index (χ1n) is 6.43. The average Bonchev–Trinajstić information content (AvgIpc) is 2.45. The molecule has 0 radical (unpaired) electrons. The predicted molar refractivity (Wildman–Crippen MR) is 72.0 cm³/mol. The van der Waals surface area contributed by atoms with Gasteiger partial charge in [-0.1, -0.05) is 30.5 Å². The van der Waals surface area contributed by atoms with E-state index in [9.17, 15) is 4.79 Å². The molecular formula is C15H18N2O. The molecule has 1 unspecified atom stereocenters. The largest absolute Gasteiger partial charge is 0.344 e. The molecular weight excluding hydrogens is 224 g/mol. The van der Waals surface area contributed by atoms with Gasteiger partial charge >= 0.3 is 0 Å². The Labute approximate surface area is 108 Å². The van der Waals surface area contributed by atoms with Crippen molar-refractivity contribution >= 4 is 5.91 Å². The second-order valence-electron chi connectivity index (χ2n) is 4.47. The topological polar surface area (TPSA) is 41.1 Å². The second-order valence-corrected chi connectivity index (χ2v) is 4.47. The molecule has 3 nitrogen and oxygen atoms in total. The summed E-state index contributed by atoms with van der Waals surface area (Å²) in [6, 6.07) is 9.94. The lowest BCUT2D eigenvalue weighted by Gasteiger charge is -2.23.